The zero-order chi connectivity index (χ0) is 29.1. The number of aromatic amines is 1. The summed E-state index contributed by atoms with van der Waals surface area (Å²) in [7, 11) is 20.1. The fourth-order valence-electron chi connectivity index (χ4n) is 3.51. The summed E-state index contributed by atoms with van der Waals surface area (Å²) < 4.78 is 12.9. The van der Waals surface area contributed by atoms with Gasteiger partial charge in [0.15, 0.2) is 39.3 Å². The van der Waals surface area contributed by atoms with Crippen molar-refractivity contribution >= 4 is 124 Å². The van der Waals surface area contributed by atoms with Crippen molar-refractivity contribution in [3.8, 4) is 0 Å². The van der Waals surface area contributed by atoms with Crippen LogP contribution in [-0.4, -0.2) is 82.4 Å². The van der Waals surface area contributed by atoms with Gasteiger partial charge in [-0.05, 0) is 29.6 Å². The molecule has 39 heavy (non-hydrogen) atoms. The van der Waals surface area contributed by atoms with Crippen molar-refractivity contribution in [2.45, 2.75) is 45.6 Å². The van der Waals surface area contributed by atoms with E-state index in [4.69, 9.17) is 91.6 Å². The number of hydrogen-bond acceptors (Lipinski definition) is 11. The minimum atomic E-state index is -3.29. The van der Waals surface area contributed by atoms with Crippen LogP contribution in [0.25, 0.3) is 22.3 Å². The summed E-state index contributed by atoms with van der Waals surface area (Å²) in [6, 6.07) is 0. The van der Waals surface area contributed by atoms with Gasteiger partial charge in [-0.2, -0.15) is 25.0 Å². The Morgan fingerprint density at radius 1 is 1.00 bits per heavy atom. The number of ether oxygens (including phenoxy) is 2. The fraction of sp³-hybridized carbons (Fsp3) is 0.471. The third-order valence-corrected chi connectivity index (χ3v) is 5.88. The van der Waals surface area contributed by atoms with E-state index in [1.165, 1.54) is 11.6 Å². The van der Waals surface area contributed by atoms with E-state index in [2.05, 4.69) is 45.7 Å². The summed E-state index contributed by atoms with van der Waals surface area (Å²) in [6.07, 6.45) is -0.449. The van der Waals surface area contributed by atoms with Gasteiger partial charge in [-0.15, -0.1) is 10.2 Å². The van der Waals surface area contributed by atoms with Crippen molar-refractivity contribution in [3.05, 3.63) is 20.9 Å². The molecule has 4 aromatic rings. The van der Waals surface area contributed by atoms with Crippen LogP contribution in [0.1, 0.15) is 33.4 Å². The van der Waals surface area contributed by atoms with Gasteiger partial charge in [-0.25, -0.2) is 9.97 Å². The van der Waals surface area contributed by atoms with Gasteiger partial charge in [-0.3, -0.25) is 4.79 Å². The Balaban J connectivity index is 0.000000216. The van der Waals surface area contributed by atoms with E-state index in [0.29, 0.717) is 22.3 Å². The van der Waals surface area contributed by atoms with Crippen LogP contribution >= 0.6 is 82.1 Å². The molecule has 0 aromatic carbocycles. The van der Waals surface area contributed by atoms with Gasteiger partial charge in [0.2, 0.25) is 16.2 Å². The monoisotopic (exact) mass is 808 g/mol. The molecule has 1 aliphatic heterocycles. The molecule has 4 atom stereocenters. The molecule has 1 fully saturated rings. The van der Waals surface area contributed by atoms with E-state index in [1.54, 1.807) is 0 Å². The molecule has 0 aliphatic carbocycles. The van der Waals surface area contributed by atoms with Gasteiger partial charge < -0.3 is 9.47 Å². The van der Waals surface area contributed by atoms with Crippen LogP contribution in [-0.2, 0) is 14.3 Å². The molecule has 1 saturated heterocycles. The van der Waals surface area contributed by atoms with Crippen LogP contribution in [0.2, 0.25) is 20.9 Å². The quantitative estimate of drug-likeness (QED) is 0.115. The van der Waals surface area contributed by atoms with Gasteiger partial charge in [0, 0.05) is 12.8 Å². The Morgan fingerprint density at radius 2 is 1.59 bits per heavy atom. The van der Waals surface area contributed by atoms with E-state index in [-0.39, 0.29) is 38.9 Å². The van der Waals surface area contributed by atoms with Crippen LogP contribution in [0.4, 0.5) is 0 Å². The third kappa shape index (κ3) is 9.00. The maximum atomic E-state index is 11.4. The second kappa shape index (κ2) is 14.1. The van der Waals surface area contributed by atoms with E-state index < -0.39 is 26.2 Å². The van der Waals surface area contributed by atoms with Crippen LogP contribution in [0, 0.1) is 5.92 Å². The molecule has 5 rings (SSSR count). The molecule has 1 N–H and O–H groups in total. The SMILES string of the molecule is CC[C@H]1O[C@@H](n2nnc3c(Cl)nc(Cl)nc32)C(OC(C)=O)[C@@H]1C.Clc1nc(Cl)c2n[nH]nc2n1.[Cl][Sn]([Cl])([Cl])[Cl]. The third-order valence-electron chi connectivity index (χ3n) is 5.01. The van der Waals surface area contributed by atoms with Crippen molar-refractivity contribution < 1.29 is 14.3 Å². The standard InChI is InChI=1S/C13H15Cl2N5O3.C4HCl2N5.4ClH.Sn/c1-4-7-5(2)9(22-6(3)21)12(23-7)20-11-8(18-19-20)10(14)16-13(15)17-11;5-2-1-3(10-11-9-1)8-4(6)7-2;;;;;/h5,7,9,12H,4H2,1-3H3;(H,7,8,9,10,11);4*1H;/q;;;;;;+4/p-4/t5-,7-,9?,12-;;;;;;/m1....../s1. The maximum absolute atomic E-state index is 11.4. The number of aromatic nitrogens is 10. The molecule has 0 saturated carbocycles. The predicted octanol–water partition coefficient (Wildman–Crippen LogP) is 5.84. The van der Waals surface area contributed by atoms with Gasteiger partial charge >= 0.3 is 55.5 Å². The first-order chi connectivity index (χ1) is 18.2. The van der Waals surface area contributed by atoms with E-state index in [1.807, 2.05) is 13.8 Å². The Bertz CT molecular complexity index is 1450. The number of carbonyl (C=O) groups excluding carboxylic acids is 1. The molecule has 0 bridgehead atoms. The Labute approximate surface area is 259 Å². The molecule has 0 spiro atoms. The molecule has 0 radical (unpaired) electrons. The molecule has 1 unspecified atom stereocenters. The fourth-order valence-corrected chi connectivity index (χ4v) is 4.33. The van der Waals surface area contributed by atoms with Gasteiger partial charge in [0.25, 0.3) is 0 Å². The summed E-state index contributed by atoms with van der Waals surface area (Å²) in [5.41, 5.74) is 1.45. The summed E-state index contributed by atoms with van der Waals surface area (Å²) in [5.74, 6) is -0.386. The van der Waals surface area contributed by atoms with Gasteiger partial charge in [0.1, 0.15) is 0 Å². The molecule has 212 valence electrons. The van der Waals surface area contributed by atoms with Crippen molar-refractivity contribution in [1.29, 1.82) is 0 Å². The van der Waals surface area contributed by atoms with Crippen molar-refractivity contribution in [2.75, 3.05) is 0 Å². The Hall–Kier alpha value is -0.491. The molecule has 1 aliphatic rings. The molecule has 4 aromatic heterocycles. The zero-order valence-corrected chi connectivity index (χ0v) is 28.7. The number of rotatable bonds is 3. The first-order valence-corrected chi connectivity index (χ1v) is 26.6. The molecule has 22 heteroatoms. The number of fused-ring (bicyclic) bond motifs is 2. The second-order valence-corrected chi connectivity index (χ2v) is 34.4. The van der Waals surface area contributed by atoms with Gasteiger partial charge in [0.05, 0.1) is 6.10 Å². The summed E-state index contributed by atoms with van der Waals surface area (Å²) in [4.78, 5) is 26.8. The van der Waals surface area contributed by atoms with Crippen molar-refractivity contribution in [1.82, 2.24) is 50.3 Å². The van der Waals surface area contributed by atoms with Gasteiger partial charge in [-0.1, -0.05) is 42.3 Å². The van der Waals surface area contributed by atoms with E-state index >= 15 is 0 Å². The molecular weight excluding hydrogens is 795 g/mol. The molecule has 5 heterocycles. The van der Waals surface area contributed by atoms with Crippen LogP contribution in [0.15, 0.2) is 0 Å². The number of nitrogens with one attached hydrogen (secondary N) is 1. The first-order valence-electron chi connectivity index (χ1n) is 10.6. The minimum absolute atomic E-state index is 0.000862. The summed E-state index contributed by atoms with van der Waals surface area (Å²) >= 11 is 19.7. The van der Waals surface area contributed by atoms with Crippen LogP contribution in [0.5, 0.6) is 0 Å². The Kier molecular flexibility index (Phi) is 12.0. The predicted molar refractivity (Wildman–Crippen MR) is 151 cm³/mol. The first kappa shape index (κ1) is 33.0. The van der Waals surface area contributed by atoms with Crippen molar-refractivity contribution in [2.24, 2.45) is 5.92 Å². The molecule has 0 amide bonds. The van der Waals surface area contributed by atoms with Crippen molar-refractivity contribution in [3.63, 3.8) is 0 Å². The topological polar surface area (TPSA) is 159 Å². The van der Waals surface area contributed by atoms with Crippen LogP contribution in [0.3, 0.4) is 0 Å². The average Bonchev–Trinajstić information content (AvgIpc) is 3.51. The molecular formula is C17H16Cl8N10O3Sn. The normalized spacial score (nSPS) is 20.8. The number of nitrogens with zero attached hydrogens (tertiary/aromatic N) is 9. The number of H-pyrrole nitrogens is 1. The van der Waals surface area contributed by atoms with E-state index in [0.717, 1.165) is 6.42 Å². The average molecular weight is 811 g/mol. The number of hydrogen-bond donors (Lipinski definition) is 1. The number of esters is 1. The number of halogens is 8. The molecule has 13 nitrogen and oxygen atoms in total. The van der Waals surface area contributed by atoms with Crippen LogP contribution < -0.4 is 0 Å². The summed E-state index contributed by atoms with van der Waals surface area (Å²) in [5, 5.41) is 18.1. The summed E-state index contributed by atoms with van der Waals surface area (Å²) in [6.45, 7) is 5.33. The van der Waals surface area contributed by atoms with E-state index in [9.17, 15) is 4.79 Å². The zero-order valence-electron chi connectivity index (χ0n) is 19.8. The Morgan fingerprint density at radius 3 is 2.18 bits per heavy atom. The second-order valence-electron chi connectivity index (χ2n) is 7.60. The number of carbonyl (C=O) groups is 1.